The first-order valence-corrected chi connectivity index (χ1v) is 10.7. The number of nitrogens with zero attached hydrogens (tertiary/aromatic N) is 2. The predicted molar refractivity (Wildman–Crippen MR) is 112 cm³/mol. The molecule has 3 fully saturated rings. The molecule has 1 spiro atoms. The molecule has 6 rings (SSSR count). The second kappa shape index (κ2) is 6.04. The molecular weight excluding hydrogens is 448 g/mol. The number of rotatable bonds is 2. The number of imide groups is 1. The van der Waals surface area contributed by atoms with Gasteiger partial charge in [0.2, 0.25) is 11.8 Å². The van der Waals surface area contributed by atoms with Gasteiger partial charge in [0, 0.05) is 22.9 Å². The number of amides is 3. The number of para-hydroxylation sites is 1. The van der Waals surface area contributed by atoms with Crippen LogP contribution in [0.2, 0.25) is 0 Å². The zero-order valence-electron chi connectivity index (χ0n) is 15.8. The van der Waals surface area contributed by atoms with Gasteiger partial charge in [-0.15, -0.1) is 0 Å². The fourth-order valence-electron chi connectivity index (χ4n) is 5.68. The standard InChI is InChI=1S/C23H17BrN2O4/c24-13-6-8-14(9-7-13)26-20(27)18-16-10-11-23(16)17(19(18)21(26)28)12-25(23)22(29)30-15-4-2-1-3-5-15/h1-11,16-19H,12H2/t16?,17?,18-,19+,23?/m1/s1. The largest absolute Gasteiger partial charge is 0.415 e. The van der Waals surface area contributed by atoms with E-state index in [1.165, 1.54) is 4.90 Å². The Bertz CT molecular complexity index is 1120. The average molecular weight is 465 g/mol. The number of likely N-dealkylation sites (tertiary alicyclic amines) is 1. The maximum absolute atomic E-state index is 13.3. The van der Waals surface area contributed by atoms with Gasteiger partial charge in [0.15, 0.2) is 0 Å². The van der Waals surface area contributed by atoms with Gasteiger partial charge in [-0.05, 0) is 36.4 Å². The molecule has 2 aromatic rings. The van der Waals surface area contributed by atoms with Crippen LogP contribution in [0.15, 0.2) is 71.2 Å². The Morgan fingerprint density at radius 1 is 1.00 bits per heavy atom. The van der Waals surface area contributed by atoms with Crippen molar-refractivity contribution in [1.29, 1.82) is 0 Å². The topological polar surface area (TPSA) is 66.9 Å². The van der Waals surface area contributed by atoms with E-state index in [9.17, 15) is 14.4 Å². The zero-order chi connectivity index (χ0) is 20.6. The number of halogens is 1. The summed E-state index contributed by atoms with van der Waals surface area (Å²) < 4.78 is 6.41. The van der Waals surface area contributed by atoms with Crippen LogP contribution in [0.25, 0.3) is 0 Å². The minimum Gasteiger partial charge on any atom is -0.410 e. The Morgan fingerprint density at radius 3 is 2.37 bits per heavy atom. The van der Waals surface area contributed by atoms with E-state index in [2.05, 4.69) is 15.9 Å². The number of anilines is 1. The number of hydrogen-bond donors (Lipinski definition) is 0. The second-order valence-corrected chi connectivity index (χ2v) is 9.13. The van der Waals surface area contributed by atoms with E-state index in [0.29, 0.717) is 18.0 Å². The van der Waals surface area contributed by atoms with Crippen LogP contribution in [0.5, 0.6) is 5.75 Å². The molecule has 0 bridgehead atoms. The molecule has 2 aliphatic carbocycles. The van der Waals surface area contributed by atoms with E-state index >= 15 is 0 Å². The van der Waals surface area contributed by atoms with Crippen molar-refractivity contribution in [2.24, 2.45) is 23.7 Å². The summed E-state index contributed by atoms with van der Waals surface area (Å²) in [4.78, 5) is 42.4. The van der Waals surface area contributed by atoms with Gasteiger partial charge in [-0.2, -0.15) is 0 Å². The van der Waals surface area contributed by atoms with E-state index in [1.807, 2.05) is 30.4 Å². The summed E-state index contributed by atoms with van der Waals surface area (Å²) in [6.07, 6.45) is 3.51. The summed E-state index contributed by atoms with van der Waals surface area (Å²) >= 11 is 3.38. The number of carbonyl (C=O) groups excluding carboxylic acids is 3. The van der Waals surface area contributed by atoms with Crippen LogP contribution in [0, 0.1) is 23.7 Å². The van der Waals surface area contributed by atoms with Crippen molar-refractivity contribution in [1.82, 2.24) is 4.90 Å². The molecule has 0 radical (unpaired) electrons. The molecule has 3 unspecified atom stereocenters. The molecule has 3 amide bonds. The van der Waals surface area contributed by atoms with Crippen LogP contribution in [0.1, 0.15) is 0 Å². The Kier molecular flexibility index (Phi) is 3.60. The van der Waals surface area contributed by atoms with Crippen LogP contribution in [-0.4, -0.2) is 34.9 Å². The van der Waals surface area contributed by atoms with Gasteiger partial charge in [-0.25, -0.2) is 4.79 Å². The molecule has 0 aromatic heterocycles. The smallest absolute Gasteiger partial charge is 0.410 e. The monoisotopic (exact) mass is 464 g/mol. The number of hydrogen-bond acceptors (Lipinski definition) is 4. The average Bonchev–Trinajstić information content (AvgIpc) is 3.00. The fraction of sp³-hybridized carbons (Fsp3) is 0.261. The van der Waals surface area contributed by atoms with Gasteiger partial charge in [0.05, 0.1) is 23.1 Å². The highest BCUT2D eigenvalue weighted by Crippen LogP contribution is 2.66. The molecule has 5 atom stereocenters. The summed E-state index contributed by atoms with van der Waals surface area (Å²) in [6.45, 7) is 0.418. The first-order valence-electron chi connectivity index (χ1n) is 9.89. The Labute approximate surface area is 181 Å². The van der Waals surface area contributed by atoms with Gasteiger partial charge in [0.1, 0.15) is 5.75 Å². The van der Waals surface area contributed by atoms with Crippen LogP contribution in [0.4, 0.5) is 10.5 Å². The number of ether oxygens (including phenoxy) is 1. The number of carbonyl (C=O) groups is 3. The molecule has 2 heterocycles. The van der Waals surface area contributed by atoms with E-state index in [1.54, 1.807) is 41.3 Å². The first-order chi connectivity index (χ1) is 14.5. The van der Waals surface area contributed by atoms with E-state index in [0.717, 1.165) is 4.47 Å². The second-order valence-electron chi connectivity index (χ2n) is 8.21. The third-order valence-corrected chi connectivity index (χ3v) is 7.55. The van der Waals surface area contributed by atoms with Crippen LogP contribution in [0.3, 0.4) is 0 Å². The Hall–Kier alpha value is -2.93. The maximum atomic E-state index is 13.3. The van der Waals surface area contributed by atoms with Crippen molar-refractivity contribution in [3.05, 3.63) is 71.2 Å². The summed E-state index contributed by atoms with van der Waals surface area (Å²) in [5.74, 6) is -0.892. The van der Waals surface area contributed by atoms with Crippen LogP contribution < -0.4 is 9.64 Å². The third kappa shape index (κ3) is 2.10. The summed E-state index contributed by atoms with van der Waals surface area (Å²) in [5, 5.41) is 0. The lowest BCUT2D eigenvalue weighted by atomic mass is 9.63. The van der Waals surface area contributed by atoms with Gasteiger partial charge < -0.3 is 4.74 Å². The summed E-state index contributed by atoms with van der Waals surface area (Å²) in [7, 11) is 0. The van der Waals surface area contributed by atoms with E-state index < -0.39 is 23.5 Å². The fourth-order valence-corrected chi connectivity index (χ4v) is 5.94. The van der Waals surface area contributed by atoms with Gasteiger partial charge in [0.25, 0.3) is 0 Å². The molecular formula is C23H17BrN2O4. The first kappa shape index (κ1) is 17.9. The third-order valence-electron chi connectivity index (χ3n) is 7.02. The Balaban J connectivity index is 1.28. The summed E-state index contributed by atoms with van der Waals surface area (Å²) in [5.41, 5.74) is 0.0226. The maximum Gasteiger partial charge on any atom is 0.415 e. The molecule has 4 aliphatic rings. The molecule has 7 heteroatoms. The summed E-state index contributed by atoms with van der Waals surface area (Å²) in [6, 6.07) is 16.1. The molecule has 150 valence electrons. The van der Waals surface area contributed by atoms with Crippen molar-refractivity contribution in [2.45, 2.75) is 5.54 Å². The molecule has 0 N–H and O–H groups in total. The van der Waals surface area contributed by atoms with Crippen molar-refractivity contribution in [3.8, 4) is 5.75 Å². The molecule has 2 aromatic carbocycles. The lowest BCUT2D eigenvalue weighted by Crippen LogP contribution is -2.72. The highest BCUT2D eigenvalue weighted by Gasteiger charge is 2.77. The van der Waals surface area contributed by atoms with Crippen molar-refractivity contribution in [3.63, 3.8) is 0 Å². The predicted octanol–water partition coefficient (Wildman–Crippen LogP) is 3.62. The van der Waals surface area contributed by atoms with Gasteiger partial charge in [-0.3, -0.25) is 19.4 Å². The SMILES string of the molecule is O=C1[C@@H]2C3C=CC34C(CN4C(=O)Oc3ccccc3)[C@@H]2C(=O)N1c1ccc(Br)cc1. The normalized spacial score (nSPS) is 32.8. The van der Waals surface area contributed by atoms with Crippen molar-refractivity contribution in [2.75, 3.05) is 11.4 Å². The van der Waals surface area contributed by atoms with Gasteiger partial charge >= 0.3 is 6.09 Å². The quantitative estimate of drug-likeness (QED) is 0.502. The molecule has 6 nitrogen and oxygen atoms in total. The zero-order valence-corrected chi connectivity index (χ0v) is 17.4. The van der Waals surface area contributed by atoms with Crippen molar-refractivity contribution >= 4 is 39.5 Å². The molecule has 2 aliphatic heterocycles. The Morgan fingerprint density at radius 2 is 1.70 bits per heavy atom. The molecule has 1 saturated carbocycles. The van der Waals surface area contributed by atoms with Crippen molar-refractivity contribution < 1.29 is 19.1 Å². The lowest BCUT2D eigenvalue weighted by Gasteiger charge is -2.59. The number of benzene rings is 2. The van der Waals surface area contributed by atoms with E-state index in [4.69, 9.17) is 4.74 Å². The minimum absolute atomic E-state index is 0.0577. The molecule has 30 heavy (non-hydrogen) atoms. The van der Waals surface area contributed by atoms with E-state index in [-0.39, 0.29) is 23.7 Å². The lowest BCUT2D eigenvalue weighted by molar-refractivity contribution is -0.127. The number of fused-ring (bicyclic) bond motifs is 3. The highest BCUT2D eigenvalue weighted by molar-refractivity contribution is 9.10. The molecule has 2 saturated heterocycles. The van der Waals surface area contributed by atoms with Gasteiger partial charge in [-0.1, -0.05) is 46.3 Å². The van der Waals surface area contributed by atoms with Crippen LogP contribution in [-0.2, 0) is 9.59 Å². The van der Waals surface area contributed by atoms with Crippen LogP contribution >= 0.6 is 15.9 Å². The minimum atomic E-state index is -0.571. The highest BCUT2D eigenvalue weighted by atomic mass is 79.9.